The second-order valence-corrected chi connectivity index (χ2v) is 7.15. The minimum atomic E-state index is -0.479. The van der Waals surface area contributed by atoms with Gasteiger partial charge in [0.15, 0.2) is 0 Å². The van der Waals surface area contributed by atoms with Gasteiger partial charge in [-0.3, -0.25) is 0 Å². The summed E-state index contributed by atoms with van der Waals surface area (Å²) in [5, 5.41) is 0. The summed E-state index contributed by atoms with van der Waals surface area (Å²) in [5.41, 5.74) is 0. The summed E-state index contributed by atoms with van der Waals surface area (Å²) in [6.07, 6.45) is 10.9. The maximum absolute atomic E-state index is 11.5. The molecule has 0 aromatic rings. The van der Waals surface area contributed by atoms with Crippen LogP contribution in [0.5, 0.6) is 0 Å². The van der Waals surface area contributed by atoms with E-state index in [1.54, 1.807) is 0 Å². The standard InChI is InChI=1S/C20H36O4.Na.H/c1-17(2)11-7-5-9-15-23-19(21)13-14-20(22)24-16-10-6-8-12-18(3)4;;/h13-14,17-18H,5-12,15-16H2,1-4H3;;/b14-13-;;. The topological polar surface area (TPSA) is 52.6 Å². The molecule has 142 valence electrons. The molecule has 0 rings (SSSR count). The molecule has 0 aliphatic rings. The van der Waals surface area contributed by atoms with E-state index in [1.165, 1.54) is 12.8 Å². The Labute approximate surface area is 176 Å². The number of hydrogen-bond acceptors (Lipinski definition) is 4. The molecule has 0 N–H and O–H groups in total. The van der Waals surface area contributed by atoms with E-state index in [0.29, 0.717) is 13.2 Å². The summed E-state index contributed by atoms with van der Waals surface area (Å²) in [6, 6.07) is 0. The van der Waals surface area contributed by atoms with Crippen LogP contribution in [0.3, 0.4) is 0 Å². The molecule has 0 bridgehead atoms. The van der Waals surface area contributed by atoms with Crippen LogP contribution < -0.4 is 0 Å². The molecule has 0 heterocycles. The van der Waals surface area contributed by atoms with Gasteiger partial charge in [0.25, 0.3) is 0 Å². The Bertz CT molecular complexity index is 331. The van der Waals surface area contributed by atoms with Crippen LogP contribution in [0.15, 0.2) is 12.2 Å². The van der Waals surface area contributed by atoms with E-state index in [0.717, 1.165) is 62.5 Å². The molecule has 0 aliphatic heterocycles. The van der Waals surface area contributed by atoms with Gasteiger partial charge in [-0.05, 0) is 24.7 Å². The average Bonchev–Trinajstić information content (AvgIpc) is 2.51. The van der Waals surface area contributed by atoms with Crippen molar-refractivity contribution in [2.75, 3.05) is 13.2 Å². The molecule has 0 saturated carbocycles. The Morgan fingerprint density at radius 3 is 1.36 bits per heavy atom. The summed E-state index contributed by atoms with van der Waals surface area (Å²) in [4.78, 5) is 22.9. The van der Waals surface area contributed by atoms with E-state index < -0.39 is 11.9 Å². The van der Waals surface area contributed by atoms with Crippen molar-refractivity contribution in [3.63, 3.8) is 0 Å². The third kappa shape index (κ3) is 21.6. The number of esters is 2. The van der Waals surface area contributed by atoms with Crippen LogP contribution in [0.1, 0.15) is 79.1 Å². The average molecular weight is 365 g/mol. The molecule has 0 aliphatic carbocycles. The van der Waals surface area contributed by atoms with E-state index in [-0.39, 0.29) is 29.6 Å². The van der Waals surface area contributed by atoms with Gasteiger partial charge in [0.05, 0.1) is 13.2 Å². The van der Waals surface area contributed by atoms with Gasteiger partial charge in [-0.1, -0.05) is 66.2 Å². The summed E-state index contributed by atoms with van der Waals surface area (Å²) >= 11 is 0. The van der Waals surface area contributed by atoms with Crippen LogP contribution >= 0.6 is 0 Å². The third-order valence-electron chi connectivity index (χ3n) is 3.70. The summed E-state index contributed by atoms with van der Waals surface area (Å²) < 4.78 is 10.1. The number of hydrogen-bond donors (Lipinski definition) is 0. The van der Waals surface area contributed by atoms with E-state index in [4.69, 9.17) is 9.47 Å². The van der Waals surface area contributed by atoms with Crippen LogP contribution in [-0.4, -0.2) is 54.7 Å². The predicted molar refractivity (Wildman–Crippen MR) is 105 cm³/mol. The molecule has 0 amide bonds. The first-order valence-corrected chi connectivity index (χ1v) is 9.43. The normalized spacial score (nSPS) is 11.0. The quantitative estimate of drug-likeness (QED) is 0.198. The van der Waals surface area contributed by atoms with Crippen LogP contribution in [0.4, 0.5) is 0 Å². The van der Waals surface area contributed by atoms with Gasteiger partial charge in [-0.25, -0.2) is 9.59 Å². The maximum atomic E-state index is 11.5. The number of rotatable bonds is 14. The molecule has 0 radical (unpaired) electrons. The van der Waals surface area contributed by atoms with Crippen LogP contribution in [0.2, 0.25) is 0 Å². The third-order valence-corrected chi connectivity index (χ3v) is 3.70. The van der Waals surface area contributed by atoms with Crippen molar-refractivity contribution in [2.24, 2.45) is 11.8 Å². The molecule has 0 aromatic carbocycles. The SMILES string of the molecule is CC(C)CCCCCOC(=O)/C=C\C(=O)OCCCCCC(C)C.[NaH]. The number of ether oxygens (including phenoxy) is 2. The first-order valence-electron chi connectivity index (χ1n) is 9.43. The minimum absolute atomic E-state index is 0. The zero-order chi connectivity index (χ0) is 18.2. The molecule has 25 heavy (non-hydrogen) atoms. The van der Waals surface area contributed by atoms with E-state index in [1.807, 2.05) is 0 Å². The molecular formula is C20H37NaO4. The fraction of sp³-hybridized carbons (Fsp3) is 0.800. The Kier molecular flexibility index (Phi) is 19.9. The number of carbonyl (C=O) groups excluding carboxylic acids is 2. The van der Waals surface area contributed by atoms with Crippen LogP contribution in [0.25, 0.3) is 0 Å². The molecule has 0 spiro atoms. The predicted octanol–water partition coefficient (Wildman–Crippen LogP) is 4.41. The van der Waals surface area contributed by atoms with Gasteiger partial charge in [-0.15, -0.1) is 0 Å². The van der Waals surface area contributed by atoms with Gasteiger partial charge in [0, 0.05) is 12.2 Å². The van der Waals surface area contributed by atoms with E-state index in [9.17, 15) is 9.59 Å². The van der Waals surface area contributed by atoms with Crippen molar-refractivity contribution in [3.8, 4) is 0 Å². The zero-order valence-electron chi connectivity index (χ0n) is 16.0. The Morgan fingerprint density at radius 1 is 0.680 bits per heavy atom. The van der Waals surface area contributed by atoms with Crippen molar-refractivity contribution in [1.29, 1.82) is 0 Å². The fourth-order valence-electron chi connectivity index (χ4n) is 2.24. The summed E-state index contributed by atoms with van der Waals surface area (Å²) in [7, 11) is 0. The first-order chi connectivity index (χ1) is 11.4. The monoisotopic (exact) mass is 364 g/mol. The number of unbranched alkanes of at least 4 members (excludes halogenated alkanes) is 4. The Morgan fingerprint density at radius 2 is 1.04 bits per heavy atom. The van der Waals surface area contributed by atoms with Crippen molar-refractivity contribution in [2.45, 2.75) is 79.1 Å². The Balaban J connectivity index is 0. The molecule has 5 heteroatoms. The van der Waals surface area contributed by atoms with Gasteiger partial charge in [-0.2, -0.15) is 0 Å². The van der Waals surface area contributed by atoms with Crippen LogP contribution in [-0.2, 0) is 19.1 Å². The molecule has 0 fully saturated rings. The molecule has 0 saturated heterocycles. The zero-order valence-corrected chi connectivity index (χ0v) is 16.0. The fourth-order valence-corrected chi connectivity index (χ4v) is 2.24. The van der Waals surface area contributed by atoms with Gasteiger partial charge in [0.2, 0.25) is 0 Å². The second kappa shape index (κ2) is 18.5. The molecule has 4 nitrogen and oxygen atoms in total. The van der Waals surface area contributed by atoms with Gasteiger partial charge in [0.1, 0.15) is 0 Å². The Hall–Kier alpha value is -0.320. The molecular weight excluding hydrogens is 327 g/mol. The molecule has 0 aromatic heterocycles. The number of carbonyl (C=O) groups is 2. The van der Waals surface area contributed by atoms with E-state index >= 15 is 0 Å². The molecule has 0 atom stereocenters. The van der Waals surface area contributed by atoms with Gasteiger partial charge < -0.3 is 9.47 Å². The van der Waals surface area contributed by atoms with E-state index in [2.05, 4.69) is 27.7 Å². The first kappa shape index (κ1) is 26.9. The molecule has 0 unspecified atom stereocenters. The summed E-state index contributed by atoms with van der Waals surface area (Å²) in [6.45, 7) is 9.63. The van der Waals surface area contributed by atoms with Crippen LogP contribution in [0, 0.1) is 11.8 Å². The summed E-state index contributed by atoms with van der Waals surface area (Å²) in [5.74, 6) is 0.480. The van der Waals surface area contributed by atoms with Crippen molar-refractivity contribution < 1.29 is 19.1 Å². The van der Waals surface area contributed by atoms with Crippen molar-refractivity contribution in [3.05, 3.63) is 12.2 Å². The van der Waals surface area contributed by atoms with Gasteiger partial charge >= 0.3 is 41.5 Å². The van der Waals surface area contributed by atoms with Crippen molar-refractivity contribution >= 4 is 41.5 Å². The van der Waals surface area contributed by atoms with Crippen molar-refractivity contribution in [1.82, 2.24) is 0 Å². The second-order valence-electron chi connectivity index (χ2n) is 7.15.